The first-order chi connectivity index (χ1) is 10.1. The molecular formula is C16H18N2O2S. The van der Waals surface area contributed by atoms with Crippen LogP contribution in [0.2, 0.25) is 0 Å². The predicted molar refractivity (Wildman–Crippen MR) is 84.9 cm³/mol. The predicted octanol–water partition coefficient (Wildman–Crippen LogP) is 4.19. The molecule has 4 nitrogen and oxygen atoms in total. The van der Waals surface area contributed by atoms with Gasteiger partial charge in [-0.05, 0) is 38.3 Å². The van der Waals surface area contributed by atoms with E-state index in [1.54, 1.807) is 0 Å². The number of aryl methyl sites for hydroxylation is 1. The number of hydrogen-bond acceptors (Lipinski definition) is 4. The molecule has 3 rings (SSSR count). The minimum absolute atomic E-state index is 0.344. The van der Waals surface area contributed by atoms with Crippen molar-refractivity contribution < 1.29 is 9.90 Å². The molecule has 1 N–H and O–H groups in total. The normalized spacial score (nSPS) is 14.2. The monoisotopic (exact) mass is 302 g/mol. The molecule has 0 atom stereocenters. The Kier molecular flexibility index (Phi) is 3.68. The second-order valence-electron chi connectivity index (χ2n) is 5.32. The Bertz CT molecular complexity index is 677. The Hall–Kier alpha value is -1.88. The van der Waals surface area contributed by atoms with Gasteiger partial charge in [0.15, 0.2) is 5.13 Å². The average molecular weight is 302 g/mol. The minimum Gasteiger partial charge on any atom is -0.477 e. The molecule has 110 valence electrons. The van der Waals surface area contributed by atoms with E-state index >= 15 is 0 Å². The maximum absolute atomic E-state index is 11.4. The van der Waals surface area contributed by atoms with Gasteiger partial charge in [0.25, 0.3) is 0 Å². The summed E-state index contributed by atoms with van der Waals surface area (Å²) >= 11 is 1.29. The van der Waals surface area contributed by atoms with Crippen LogP contribution >= 0.6 is 11.3 Å². The lowest BCUT2D eigenvalue weighted by atomic mass is 10.2. The fourth-order valence-corrected chi connectivity index (χ4v) is 3.57. The maximum atomic E-state index is 11.4. The summed E-state index contributed by atoms with van der Waals surface area (Å²) in [5.74, 6) is -0.516. The van der Waals surface area contributed by atoms with Crippen molar-refractivity contribution in [3.05, 3.63) is 40.4 Å². The van der Waals surface area contributed by atoms with Crippen LogP contribution in [0.5, 0.6) is 0 Å². The molecule has 21 heavy (non-hydrogen) atoms. The number of aromatic nitrogens is 1. The third-order valence-corrected chi connectivity index (χ3v) is 4.84. The van der Waals surface area contributed by atoms with Crippen molar-refractivity contribution >= 4 is 28.1 Å². The number of anilines is 2. The van der Waals surface area contributed by atoms with Crippen molar-refractivity contribution in [1.82, 2.24) is 4.98 Å². The van der Waals surface area contributed by atoms with Crippen LogP contribution in [0, 0.1) is 6.92 Å². The number of carboxylic acids is 1. The van der Waals surface area contributed by atoms with Crippen LogP contribution in [-0.4, -0.2) is 22.6 Å². The molecule has 0 unspecified atom stereocenters. The van der Waals surface area contributed by atoms with Crippen molar-refractivity contribution in [2.24, 2.45) is 0 Å². The molecule has 1 aromatic heterocycles. The largest absolute Gasteiger partial charge is 0.477 e. The van der Waals surface area contributed by atoms with Crippen molar-refractivity contribution in [3.63, 3.8) is 0 Å². The highest BCUT2D eigenvalue weighted by atomic mass is 32.1. The van der Waals surface area contributed by atoms with Crippen LogP contribution in [0.15, 0.2) is 24.3 Å². The minimum atomic E-state index is -0.860. The quantitative estimate of drug-likeness (QED) is 0.900. The molecule has 1 aliphatic rings. The molecule has 1 aliphatic carbocycles. The van der Waals surface area contributed by atoms with Crippen molar-refractivity contribution in [2.45, 2.75) is 32.6 Å². The van der Waals surface area contributed by atoms with Gasteiger partial charge in [-0.3, -0.25) is 0 Å². The molecule has 1 saturated carbocycles. The van der Waals surface area contributed by atoms with Crippen LogP contribution < -0.4 is 4.90 Å². The molecule has 0 aliphatic heterocycles. The first-order valence-corrected chi connectivity index (χ1v) is 8.00. The number of thiazole rings is 1. The summed E-state index contributed by atoms with van der Waals surface area (Å²) in [4.78, 5) is 18.6. The van der Waals surface area contributed by atoms with Gasteiger partial charge in [-0.2, -0.15) is 0 Å². The highest BCUT2D eigenvalue weighted by Gasteiger charge is 2.33. The lowest BCUT2D eigenvalue weighted by Gasteiger charge is -2.21. The lowest BCUT2D eigenvalue weighted by molar-refractivity contribution is 0.0700. The first kappa shape index (κ1) is 14.1. The Balaban J connectivity index is 2.03. The van der Waals surface area contributed by atoms with Gasteiger partial charge in [0.2, 0.25) is 0 Å². The van der Waals surface area contributed by atoms with E-state index in [0.29, 0.717) is 10.8 Å². The summed E-state index contributed by atoms with van der Waals surface area (Å²) in [6.07, 6.45) is 2.11. The van der Waals surface area contributed by atoms with Crippen LogP contribution in [0.3, 0.4) is 0 Å². The second-order valence-corrected chi connectivity index (χ2v) is 6.30. The number of nitrogens with zero attached hydrogens (tertiary/aromatic N) is 2. The molecule has 5 heteroatoms. The van der Waals surface area contributed by atoms with Gasteiger partial charge >= 0.3 is 5.97 Å². The summed E-state index contributed by atoms with van der Waals surface area (Å²) in [5, 5.41) is 10.2. The SMILES string of the molecule is CCN(c1nc(C2CC2)c(C(=O)O)s1)c1ccccc1C. The Morgan fingerprint density at radius 1 is 1.43 bits per heavy atom. The second kappa shape index (κ2) is 5.48. The van der Waals surface area contributed by atoms with E-state index in [0.717, 1.165) is 35.9 Å². The topological polar surface area (TPSA) is 53.4 Å². The summed E-state index contributed by atoms with van der Waals surface area (Å²) in [5.41, 5.74) is 3.03. The highest BCUT2D eigenvalue weighted by molar-refractivity contribution is 7.17. The fraction of sp³-hybridized carbons (Fsp3) is 0.375. The summed E-state index contributed by atoms with van der Waals surface area (Å²) < 4.78 is 0. The van der Waals surface area contributed by atoms with Gasteiger partial charge in [-0.1, -0.05) is 29.5 Å². The molecule has 0 saturated heterocycles. The van der Waals surface area contributed by atoms with Gasteiger partial charge in [-0.15, -0.1) is 0 Å². The molecule has 0 amide bonds. The Morgan fingerprint density at radius 3 is 2.71 bits per heavy atom. The van der Waals surface area contributed by atoms with Gasteiger partial charge < -0.3 is 10.0 Å². The zero-order valence-electron chi connectivity index (χ0n) is 12.2. The van der Waals surface area contributed by atoms with Crippen molar-refractivity contribution in [2.75, 3.05) is 11.4 Å². The zero-order valence-corrected chi connectivity index (χ0v) is 13.0. The first-order valence-electron chi connectivity index (χ1n) is 7.19. The molecule has 0 bridgehead atoms. The van der Waals surface area contributed by atoms with Crippen LogP contribution in [0.1, 0.15) is 46.6 Å². The van der Waals surface area contributed by atoms with E-state index in [-0.39, 0.29) is 0 Å². The number of carbonyl (C=O) groups is 1. The van der Waals surface area contributed by atoms with Crippen LogP contribution in [-0.2, 0) is 0 Å². The number of benzene rings is 1. The number of rotatable bonds is 5. The molecule has 2 aromatic rings. The summed E-state index contributed by atoms with van der Waals surface area (Å²) in [6, 6.07) is 8.12. The number of para-hydroxylation sites is 1. The zero-order chi connectivity index (χ0) is 15.0. The van der Waals surface area contributed by atoms with E-state index < -0.39 is 5.97 Å². The number of carboxylic acid groups (broad SMARTS) is 1. The van der Waals surface area contributed by atoms with Gasteiger partial charge in [0.05, 0.1) is 5.69 Å². The van der Waals surface area contributed by atoms with Gasteiger partial charge in [0.1, 0.15) is 4.88 Å². The number of aromatic carboxylic acids is 1. The molecule has 0 spiro atoms. The van der Waals surface area contributed by atoms with Crippen LogP contribution in [0.4, 0.5) is 10.8 Å². The third-order valence-electron chi connectivity index (χ3n) is 3.75. The smallest absolute Gasteiger partial charge is 0.347 e. The van der Waals surface area contributed by atoms with Crippen molar-refractivity contribution in [3.8, 4) is 0 Å². The lowest BCUT2D eigenvalue weighted by Crippen LogP contribution is -2.16. The van der Waals surface area contributed by atoms with E-state index in [1.807, 2.05) is 12.1 Å². The summed E-state index contributed by atoms with van der Waals surface area (Å²) in [7, 11) is 0. The maximum Gasteiger partial charge on any atom is 0.347 e. The molecule has 1 heterocycles. The Labute approximate surface area is 128 Å². The molecule has 0 radical (unpaired) electrons. The third kappa shape index (κ3) is 2.65. The van der Waals surface area contributed by atoms with Crippen molar-refractivity contribution in [1.29, 1.82) is 0 Å². The van der Waals surface area contributed by atoms with E-state index in [1.165, 1.54) is 16.9 Å². The molecule has 1 aromatic carbocycles. The van der Waals surface area contributed by atoms with E-state index in [2.05, 4.69) is 35.9 Å². The molecular weight excluding hydrogens is 284 g/mol. The summed E-state index contributed by atoms with van der Waals surface area (Å²) in [6.45, 7) is 4.89. The van der Waals surface area contributed by atoms with Gasteiger partial charge in [-0.25, -0.2) is 9.78 Å². The van der Waals surface area contributed by atoms with E-state index in [9.17, 15) is 9.90 Å². The van der Waals surface area contributed by atoms with Gasteiger partial charge in [0, 0.05) is 18.2 Å². The highest BCUT2D eigenvalue weighted by Crippen LogP contribution is 2.45. The average Bonchev–Trinajstić information content (AvgIpc) is 3.21. The standard InChI is InChI=1S/C16H18N2O2S/c1-3-18(12-7-5-4-6-10(12)2)16-17-13(11-8-9-11)14(21-16)15(19)20/h4-7,11H,3,8-9H2,1-2H3,(H,19,20). The fourth-order valence-electron chi connectivity index (χ4n) is 2.50. The number of hydrogen-bond donors (Lipinski definition) is 1. The Morgan fingerprint density at radius 2 is 2.14 bits per heavy atom. The van der Waals surface area contributed by atoms with E-state index in [4.69, 9.17) is 0 Å². The molecule has 1 fully saturated rings. The van der Waals surface area contributed by atoms with Crippen LogP contribution in [0.25, 0.3) is 0 Å².